The third kappa shape index (κ3) is 6.67. The first-order valence-electron chi connectivity index (χ1n) is 8.55. The third-order valence-electron chi connectivity index (χ3n) is 4.24. The van der Waals surface area contributed by atoms with Crippen LogP contribution >= 0.6 is 24.0 Å². The Bertz CT molecular complexity index is 463. The average Bonchev–Trinajstić information content (AvgIpc) is 2.52. The molecule has 0 bridgehead atoms. The maximum atomic E-state index is 4.50. The van der Waals surface area contributed by atoms with Crippen LogP contribution in [0.2, 0.25) is 0 Å². The quantitative estimate of drug-likeness (QED) is 0.428. The molecule has 2 N–H and O–H groups in total. The summed E-state index contributed by atoms with van der Waals surface area (Å²) in [5, 5.41) is 6.91. The average molecular weight is 430 g/mol. The molecule has 1 aliphatic heterocycles. The molecular weight excluding hydrogens is 399 g/mol. The van der Waals surface area contributed by atoms with E-state index in [1.54, 1.807) is 0 Å². The zero-order valence-corrected chi connectivity index (χ0v) is 16.9. The van der Waals surface area contributed by atoms with Crippen molar-refractivity contribution in [1.82, 2.24) is 15.5 Å². The first kappa shape index (κ1) is 20.2. The van der Waals surface area contributed by atoms with Gasteiger partial charge in [0.25, 0.3) is 0 Å². The predicted octanol–water partition coefficient (Wildman–Crippen LogP) is 3.23. The van der Waals surface area contributed by atoms with Crippen LogP contribution in [0.25, 0.3) is 0 Å². The van der Waals surface area contributed by atoms with Gasteiger partial charge in [0.2, 0.25) is 0 Å². The van der Waals surface area contributed by atoms with Crippen molar-refractivity contribution in [2.24, 2.45) is 4.99 Å². The SMILES string of the molecule is CCN=C(NCC)NC1CCN(Cc2ccccc2)C(C)C1.I. The number of rotatable bonds is 5. The molecule has 2 rings (SSSR count). The van der Waals surface area contributed by atoms with E-state index in [9.17, 15) is 0 Å². The molecule has 130 valence electrons. The third-order valence-corrected chi connectivity index (χ3v) is 4.24. The number of aliphatic imine (C=N–C) groups is 1. The van der Waals surface area contributed by atoms with Gasteiger partial charge in [0.1, 0.15) is 0 Å². The summed E-state index contributed by atoms with van der Waals surface area (Å²) >= 11 is 0. The van der Waals surface area contributed by atoms with E-state index in [1.165, 1.54) is 18.4 Å². The number of likely N-dealkylation sites (tertiary alicyclic amines) is 1. The van der Waals surface area contributed by atoms with Crippen molar-refractivity contribution in [2.45, 2.75) is 52.2 Å². The molecule has 1 aromatic carbocycles. The minimum atomic E-state index is 0. The molecule has 4 nitrogen and oxygen atoms in total. The molecule has 0 aliphatic carbocycles. The van der Waals surface area contributed by atoms with Crippen LogP contribution in [-0.2, 0) is 6.54 Å². The summed E-state index contributed by atoms with van der Waals surface area (Å²) in [4.78, 5) is 7.08. The summed E-state index contributed by atoms with van der Waals surface area (Å²) in [6.07, 6.45) is 2.34. The molecule has 0 saturated carbocycles. The van der Waals surface area contributed by atoms with Crippen molar-refractivity contribution in [3.8, 4) is 0 Å². The Kier molecular flexibility index (Phi) is 9.55. The summed E-state index contributed by atoms with van der Waals surface area (Å²) in [5.41, 5.74) is 1.40. The molecule has 0 spiro atoms. The second kappa shape index (κ2) is 10.9. The normalized spacial score (nSPS) is 22.3. The molecule has 5 heteroatoms. The van der Waals surface area contributed by atoms with Crippen molar-refractivity contribution in [3.63, 3.8) is 0 Å². The van der Waals surface area contributed by atoms with E-state index in [0.717, 1.165) is 32.1 Å². The Morgan fingerprint density at radius 3 is 2.61 bits per heavy atom. The van der Waals surface area contributed by atoms with Gasteiger partial charge >= 0.3 is 0 Å². The number of hydrogen-bond donors (Lipinski definition) is 2. The molecule has 0 amide bonds. The van der Waals surface area contributed by atoms with Crippen LogP contribution in [0.4, 0.5) is 0 Å². The van der Waals surface area contributed by atoms with Crippen molar-refractivity contribution in [1.29, 1.82) is 0 Å². The van der Waals surface area contributed by atoms with Crippen LogP contribution in [0.1, 0.15) is 39.2 Å². The molecule has 1 aromatic rings. The van der Waals surface area contributed by atoms with Gasteiger partial charge in [-0.05, 0) is 39.2 Å². The number of benzene rings is 1. The smallest absolute Gasteiger partial charge is 0.191 e. The van der Waals surface area contributed by atoms with Gasteiger partial charge < -0.3 is 10.6 Å². The van der Waals surface area contributed by atoms with Gasteiger partial charge in [0, 0.05) is 38.3 Å². The zero-order chi connectivity index (χ0) is 15.8. The summed E-state index contributed by atoms with van der Waals surface area (Å²) in [7, 11) is 0. The van der Waals surface area contributed by atoms with Crippen LogP contribution in [0.5, 0.6) is 0 Å². The Hall–Kier alpha value is -0.820. The number of guanidine groups is 1. The number of piperidine rings is 1. The molecular formula is C18H31IN4. The highest BCUT2D eigenvalue weighted by Gasteiger charge is 2.25. The lowest BCUT2D eigenvalue weighted by Gasteiger charge is -2.38. The Labute approximate surface area is 158 Å². The Morgan fingerprint density at radius 1 is 1.26 bits per heavy atom. The van der Waals surface area contributed by atoms with Crippen molar-refractivity contribution in [3.05, 3.63) is 35.9 Å². The van der Waals surface area contributed by atoms with Crippen LogP contribution < -0.4 is 10.6 Å². The molecule has 1 saturated heterocycles. The van der Waals surface area contributed by atoms with Crippen LogP contribution in [0, 0.1) is 0 Å². The molecule has 2 unspecified atom stereocenters. The molecule has 0 radical (unpaired) electrons. The van der Waals surface area contributed by atoms with E-state index in [4.69, 9.17) is 0 Å². The van der Waals surface area contributed by atoms with Gasteiger partial charge in [-0.2, -0.15) is 0 Å². The number of nitrogens with one attached hydrogen (secondary N) is 2. The second-order valence-electron chi connectivity index (χ2n) is 6.02. The van der Waals surface area contributed by atoms with Crippen molar-refractivity contribution in [2.75, 3.05) is 19.6 Å². The minimum Gasteiger partial charge on any atom is -0.357 e. The highest BCUT2D eigenvalue weighted by molar-refractivity contribution is 14.0. The zero-order valence-electron chi connectivity index (χ0n) is 14.6. The van der Waals surface area contributed by atoms with Crippen LogP contribution in [-0.4, -0.2) is 42.6 Å². The van der Waals surface area contributed by atoms with E-state index in [1.807, 2.05) is 0 Å². The van der Waals surface area contributed by atoms with Crippen molar-refractivity contribution >= 4 is 29.9 Å². The second-order valence-corrected chi connectivity index (χ2v) is 6.02. The number of halogens is 1. The Balaban J connectivity index is 0.00000264. The monoisotopic (exact) mass is 430 g/mol. The maximum absolute atomic E-state index is 4.50. The Morgan fingerprint density at radius 2 is 2.00 bits per heavy atom. The maximum Gasteiger partial charge on any atom is 0.191 e. The molecule has 0 aromatic heterocycles. The standard InChI is InChI=1S/C18H30N4.HI/c1-4-19-18(20-5-2)21-17-11-12-22(15(3)13-17)14-16-9-7-6-8-10-16;/h6-10,15,17H,4-5,11-14H2,1-3H3,(H2,19,20,21);1H. The lowest BCUT2D eigenvalue weighted by molar-refractivity contribution is 0.134. The van der Waals surface area contributed by atoms with Gasteiger partial charge in [-0.3, -0.25) is 9.89 Å². The highest BCUT2D eigenvalue weighted by atomic mass is 127. The molecule has 1 aliphatic rings. The van der Waals surface area contributed by atoms with Gasteiger partial charge in [0.05, 0.1) is 0 Å². The molecule has 23 heavy (non-hydrogen) atoms. The number of nitrogens with zero attached hydrogens (tertiary/aromatic N) is 2. The topological polar surface area (TPSA) is 39.7 Å². The molecule has 1 heterocycles. The lowest BCUT2D eigenvalue weighted by atomic mass is 9.97. The molecule has 1 fully saturated rings. The fraction of sp³-hybridized carbons (Fsp3) is 0.611. The fourth-order valence-corrected chi connectivity index (χ4v) is 3.08. The van der Waals surface area contributed by atoms with Crippen molar-refractivity contribution < 1.29 is 0 Å². The predicted molar refractivity (Wildman–Crippen MR) is 110 cm³/mol. The van der Waals surface area contributed by atoms with Gasteiger partial charge in [-0.1, -0.05) is 30.3 Å². The van der Waals surface area contributed by atoms with E-state index in [0.29, 0.717) is 12.1 Å². The first-order chi connectivity index (χ1) is 10.7. The van der Waals surface area contributed by atoms with Gasteiger partial charge in [-0.25, -0.2) is 0 Å². The lowest BCUT2D eigenvalue weighted by Crippen LogP contribution is -2.51. The van der Waals surface area contributed by atoms with Gasteiger partial charge in [-0.15, -0.1) is 24.0 Å². The molecule has 2 atom stereocenters. The van der Waals surface area contributed by atoms with E-state index in [-0.39, 0.29) is 24.0 Å². The van der Waals surface area contributed by atoms with E-state index < -0.39 is 0 Å². The van der Waals surface area contributed by atoms with E-state index >= 15 is 0 Å². The number of hydrogen-bond acceptors (Lipinski definition) is 2. The first-order valence-corrected chi connectivity index (χ1v) is 8.55. The van der Waals surface area contributed by atoms with Crippen LogP contribution in [0.3, 0.4) is 0 Å². The summed E-state index contributed by atoms with van der Waals surface area (Å²) in [6, 6.07) is 11.9. The summed E-state index contributed by atoms with van der Waals surface area (Å²) < 4.78 is 0. The van der Waals surface area contributed by atoms with Gasteiger partial charge in [0.15, 0.2) is 5.96 Å². The largest absolute Gasteiger partial charge is 0.357 e. The minimum absolute atomic E-state index is 0. The fourth-order valence-electron chi connectivity index (χ4n) is 3.08. The highest BCUT2D eigenvalue weighted by Crippen LogP contribution is 2.19. The van der Waals surface area contributed by atoms with E-state index in [2.05, 4.69) is 71.6 Å². The summed E-state index contributed by atoms with van der Waals surface area (Å²) in [6.45, 7) is 10.4. The van der Waals surface area contributed by atoms with Crippen LogP contribution in [0.15, 0.2) is 35.3 Å². The summed E-state index contributed by atoms with van der Waals surface area (Å²) in [5.74, 6) is 0.957.